The second kappa shape index (κ2) is 10.3. The number of unbranched alkanes of at least 4 members (excludes halogenated alkanes) is 1. The quantitative estimate of drug-likeness (QED) is 0.678. The lowest BCUT2D eigenvalue weighted by Crippen LogP contribution is -2.46. The van der Waals surface area contributed by atoms with Gasteiger partial charge in [0.15, 0.2) is 0 Å². The third-order valence-electron chi connectivity index (χ3n) is 4.36. The maximum atomic E-state index is 11.8. The smallest absolute Gasteiger partial charge is 0.220 e. The van der Waals surface area contributed by atoms with Crippen molar-refractivity contribution in [3.05, 3.63) is 29.3 Å². The number of hydrogen-bond donors (Lipinski definition) is 2. The molecule has 2 rings (SSSR count). The number of piperazine rings is 1. The number of carbonyl (C=O) groups is 1. The number of benzene rings is 1. The summed E-state index contributed by atoms with van der Waals surface area (Å²) in [7, 11) is 0. The van der Waals surface area contributed by atoms with Gasteiger partial charge in [0.2, 0.25) is 5.91 Å². The average molecular weight is 333 g/mol. The number of nitrogens with one attached hydrogen (secondary N) is 2. The second-order valence-electron chi connectivity index (χ2n) is 6.52. The van der Waals surface area contributed by atoms with Gasteiger partial charge in [-0.25, -0.2) is 0 Å². The number of rotatable bonds is 9. The summed E-state index contributed by atoms with van der Waals surface area (Å²) >= 11 is 0. The highest BCUT2D eigenvalue weighted by atomic mass is 16.5. The number of hydrogen-bond acceptors (Lipinski definition) is 4. The van der Waals surface area contributed by atoms with E-state index >= 15 is 0 Å². The van der Waals surface area contributed by atoms with E-state index < -0.39 is 0 Å². The first-order valence-electron chi connectivity index (χ1n) is 9.05. The minimum atomic E-state index is 0.150. The summed E-state index contributed by atoms with van der Waals surface area (Å²) in [6.45, 7) is 10.7. The largest absolute Gasteiger partial charge is 0.493 e. The third kappa shape index (κ3) is 6.89. The molecule has 0 atom stereocenters. The van der Waals surface area contributed by atoms with Crippen LogP contribution in [0.5, 0.6) is 5.75 Å². The van der Waals surface area contributed by atoms with Crippen LogP contribution in [0.25, 0.3) is 0 Å². The van der Waals surface area contributed by atoms with E-state index in [1.807, 2.05) is 0 Å². The van der Waals surface area contributed by atoms with Crippen molar-refractivity contribution in [3.8, 4) is 5.75 Å². The molecule has 0 saturated carbocycles. The van der Waals surface area contributed by atoms with Crippen LogP contribution in [-0.2, 0) is 4.79 Å². The number of amides is 1. The molecule has 0 radical (unpaired) electrons. The molecule has 134 valence electrons. The molecule has 24 heavy (non-hydrogen) atoms. The zero-order chi connectivity index (χ0) is 17.2. The highest BCUT2D eigenvalue weighted by molar-refractivity contribution is 5.75. The van der Waals surface area contributed by atoms with Crippen molar-refractivity contribution >= 4 is 5.91 Å². The minimum absolute atomic E-state index is 0.150. The molecule has 1 aromatic rings. The van der Waals surface area contributed by atoms with Crippen LogP contribution in [0.3, 0.4) is 0 Å². The first-order valence-corrected chi connectivity index (χ1v) is 9.05. The lowest BCUT2D eigenvalue weighted by atomic mass is 10.1. The van der Waals surface area contributed by atoms with Crippen molar-refractivity contribution in [1.29, 1.82) is 0 Å². The van der Waals surface area contributed by atoms with Gasteiger partial charge in [0.25, 0.3) is 0 Å². The van der Waals surface area contributed by atoms with Crippen LogP contribution in [-0.4, -0.2) is 56.7 Å². The topological polar surface area (TPSA) is 53.6 Å². The normalized spacial score (nSPS) is 15.2. The predicted molar refractivity (Wildman–Crippen MR) is 97.6 cm³/mol. The van der Waals surface area contributed by atoms with Crippen molar-refractivity contribution in [2.45, 2.75) is 33.1 Å². The fraction of sp³-hybridized carbons (Fsp3) is 0.632. The van der Waals surface area contributed by atoms with Gasteiger partial charge in [-0.2, -0.15) is 0 Å². The molecule has 0 spiro atoms. The SMILES string of the molecule is Cc1ccc(C)c(OCCCCC(=O)NCCN2CCNCC2)c1. The van der Waals surface area contributed by atoms with Crippen LogP contribution in [0.1, 0.15) is 30.4 Å². The van der Waals surface area contributed by atoms with Gasteiger partial charge in [-0.1, -0.05) is 12.1 Å². The van der Waals surface area contributed by atoms with Gasteiger partial charge in [-0.05, 0) is 43.9 Å². The molecular weight excluding hydrogens is 302 g/mol. The maximum absolute atomic E-state index is 11.8. The molecule has 0 aliphatic carbocycles. The molecule has 0 bridgehead atoms. The Balaban J connectivity index is 1.50. The van der Waals surface area contributed by atoms with Crippen molar-refractivity contribution in [2.24, 2.45) is 0 Å². The Hall–Kier alpha value is -1.59. The Morgan fingerprint density at radius 1 is 1.25 bits per heavy atom. The Morgan fingerprint density at radius 2 is 2.04 bits per heavy atom. The summed E-state index contributed by atoms with van der Waals surface area (Å²) < 4.78 is 5.82. The van der Waals surface area contributed by atoms with Gasteiger partial charge in [-0.3, -0.25) is 9.69 Å². The van der Waals surface area contributed by atoms with E-state index in [1.54, 1.807) is 0 Å². The molecule has 1 saturated heterocycles. The third-order valence-corrected chi connectivity index (χ3v) is 4.36. The zero-order valence-electron chi connectivity index (χ0n) is 15.1. The number of ether oxygens (including phenoxy) is 1. The standard InChI is InChI=1S/C19H31N3O2/c1-16-6-7-17(2)18(15-16)24-14-4-3-5-19(23)21-10-13-22-11-8-20-9-12-22/h6-7,15,20H,3-5,8-14H2,1-2H3,(H,21,23). The van der Waals surface area contributed by atoms with Gasteiger partial charge in [0, 0.05) is 45.7 Å². The number of nitrogens with zero attached hydrogens (tertiary/aromatic N) is 1. The van der Waals surface area contributed by atoms with Crippen LogP contribution in [0, 0.1) is 13.8 Å². The van der Waals surface area contributed by atoms with E-state index in [4.69, 9.17) is 4.74 Å². The molecule has 0 unspecified atom stereocenters. The van der Waals surface area contributed by atoms with Gasteiger partial charge in [0.1, 0.15) is 5.75 Å². The molecule has 1 aliphatic rings. The summed E-state index contributed by atoms with van der Waals surface area (Å²) in [5.74, 6) is 1.10. The van der Waals surface area contributed by atoms with Crippen LogP contribution < -0.4 is 15.4 Å². The first kappa shape index (κ1) is 18.7. The summed E-state index contributed by atoms with van der Waals surface area (Å²) in [5, 5.41) is 6.34. The van der Waals surface area contributed by atoms with E-state index in [2.05, 4.69) is 47.6 Å². The summed E-state index contributed by atoms with van der Waals surface area (Å²) in [5.41, 5.74) is 2.37. The second-order valence-corrected chi connectivity index (χ2v) is 6.52. The zero-order valence-corrected chi connectivity index (χ0v) is 15.1. The predicted octanol–water partition coefficient (Wildman–Crippen LogP) is 1.87. The average Bonchev–Trinajstić information content (AvgIpc) is 2.58. The lowest BCUT2D eigenvalue weighted by molar-refractivity contribution is -0.121. The Bertz CT molecular complexity index is 513. The van der Waals surface area contributed by atoms with Crippen molar-refractivity contribution in [2.75, 3.05) is 45.9 Å². The summed E-state index contributed by atoms with van der Waals surface area (Å²) in [6.07, 6.45) is 2.35. The lowest BCUT2D eigenvalue weighted by Gasteiger charge is -2.27. The highest BCUT2D eigenvalue weighted by Gasteiger charge is 2.09. The molecule has 5 heteroatoms. The minimum Gasteiger partial charge on any atom is -0.493 e. The maximum Gasteiger partial charge on any atom is 0.220 e. The summed E-state index contributed by atoms with van der Waals surface area (Å²) in [4.78, 5) is 14.2. The van der Waals surface area contributed by atoms with Gasteiger partial charge < -0.3 is 15.4 Å². The van der Waals surface area contributed by atoms with E-state index in [-0.39, 0.29) is 5.91 Å². The van der Waals surface area contributed by atoms with Gasteiger partial charge in [-0.15, -0.1) is 0 Å². The van der Waals surface area contributed by atoms with E-state index in [0.29, 0.717) is 13.0 Å². The van der Waals surface area contributed by atoms with E-state index in [9.17, 15) is 4.79 Å². The van der Waals surface area contributed by atoms with Crippen LogP contribution in [0.4, 0.5) is 0 Å². The van der Waals surface area contributed by atoms with Crippen molar-refractivity contribution < 1.29 is 9.53 Å². The molecule has 1 amide bonds. The molecule has 1 heterocycles. The van der Waals surface area contributed by atoms with Crippen LogP contribution in [0.15, 0.2) is 18.2 Å². The number of carbonyl (C=O) groups excluding carboxylic acids is 1. The molecule has 1 fully saturated rings. The monoisotopic (exact) mass is 333 g/mol. The van der Waals surface area contributed by atoms with Crippen LogP contribution in [0.2, 0.25) is 0 Å². The van der Waals surface area contributed by atoms with E-state index in [1.165, 1.54) is 5.56 Å². The van der Waals surface area contributed by atoms with Gasteiger partial charge >= 0.3 is 0 Å². The molecule has 1 aromatic carbocycles. The Morgan fingerprint density at radius 3 is 2.83 bits per heavy atom. The Labute approximate surface area is 145 Å². The first-order chi connectivity index (χ1) is 11.6. The fourth-order valence-electron chi connectivity index (χ4n) is 2.81. The fourth-order valence-corrected chi connectivity index (χ4v) is 2.81. The van der Waals surface area contributed by atoms with Gasteiger partial charge in [0.05, 0.1) is 6.61 Å². The molecular formula is C19H31N3O2. The van der Waals surface area contributed by atoms with Crippen molar-refractivity contribution in [3.63, 3.8) is 0 Å². The molecule has 5 nitrogen and oxygen atoms in total. The molecule has 1 aliphatic heterocycles. The summed E-state index contributed by atoms with van der Waals surface area (Å²) in [6, 6.07) is 6.24. The molecule has 2 N–H and O–H groups in total. The highest BCUT2D eigenvalue weighted by Crippen LogP contribution is 2.19. The van der Waals surface area contributed by atoms with Crippen LogP contribution >= 0.6 is 0 Å². The Kier molecular flexibility index (Phi) is 8.05. The number of aryl methyl sites for hydroxylation is 2. The molecule has 0 aromatic heterocycles. The van der Waals surface area contributed by atoms with Crippen molar-refractivity contribution in [1.82, 2.24) is 15.5 Å². The van der Waals surface area contributed by atoms with E-state index in [0.717, 1.165) is 63.4 Å².